The highest BCUT2D eigenvalue weighted by molar-refractivity contribution is 5.85. The molecule has 16 heavy (non-hydrogen) atoms. The van der Waals surface area contributed by atoms with Crippen LogP contribution in [0.5, 0.6) is 0 Å². The van der Waals surface area contributed by atoms with Gasteiger partial charge in [0.15, 0.2) is 0 Å². The van der Waals surface area contributed by atoms with Crippen molar-refractivity contribution in [2.24, 2.45) is 11.8 Å². The van der Waals surface area contributed by atoms with Gasteiger partial charge in [-0.2, -0.15) is 5.26 Å². The summed E-state index contributed by atoms with van der Waals surface area (Å²) in [6.45, 7) is 5.16. The molecular formula is C11H18N2O3. The number of rotatable bonds is 5. The van der Waals surface area contributed by atoms with Gasteiger partial charge in [-0.15, -0.1) is 0 Å². The molecule has 0 aromatic rings. The zero-order valence-electron chi connectivity index (χ0n) is 10.1. The van der Waals surface area contributed by atoms with Crippen molar-refractivity contribution in [3.63, 3.8) is 0 Å². The molecule has 0 aliphatic heterocycles. The number of nitrogens with one attached hydrogen (secondary N) is 1. The van der Waals surface area contributed by atoms with Crippen molar-refractivity contribution in [2.45, 2.75) is 33.2 Å². The lowest BCUT2D eigenvalue weighted by molar-refractivity contribution is -0.145. The van der Waals surface area contributed by atoms with Crippen LogP contribution in [-0.2, 0) is 14.3 Å². The monoisotopic (exact) mass is 226 g/mol. The normalized spacial score (nSPS) is 13.8. The molecule has 0 unspecified atom stereocenters. The Labute approximate surface area is 95.8 Å². The molecule has 1 amide bonds. The molecule has 2 atom stereocenters. The molecule has 0 bridgehead atoms. The van der Waals surface area contributed by atoms with Gasteiger partial charge in [-0.1, -0.05) is 13.8 Å². The van der Waals surface area contributed by atoms with Gasteiger partial charge in [0.25, 0.3) is 0 Å². The van der Waals surface area contributed by atoms with Crippen molar-refractivity contribution < 1.29 is 14.3 Å². The molecule has 0 aromatic heterocycles. The van der Waals surface area contributed by atoms with E-state index in [1.54, 1.807) is 20.8 Å². The number of amides is 1. The Morgan fingerprint density at radius 3 is 2.31 bits per heavy atom. The maximum absolute atomic E-state index is 11.4. The van der Waals surface area contributed by atoms with Gasteiger partial charge in [0, 0.05) is 11.8 Å². The fourth-order valence-electron chi connectivity index (χ4n) is 1.10. The second-order valence-corrected chi connectivity index (χ2v) is 4.00. The van der Waals surface area contributed by atoms with Crippen molar-refractivity contribution in [1.82, 2.24) is 5.32 Å². The minimum Gasteiger partial charge on any atom is -0.467 e. The first-order valence-electron chi connectivity index (χ1n) is 5.20. The lowest BCUT2D eigenvalue weighted by atomic mass is 10.0. The first kappa shape index (κ1) is 14.4. The third-order valence-electron chi connectivity index (χ3n) is 2.14. The van der Waals surface area contributed by atoms with Gasteiger partial charge in [0.05, 0.1) is 13.2 Å². The third-order valence-corrected chi connectivity index (χ3v) is 2.14. The van der Waals surface area contributed by atoms with E-state index in [-0.39, 0.29) is 24.2 Å². The Bertz CT molecular complexity index is 294. The van der Waals surface area contributed by atoms with Crippen molar-refractivity contribution in [3.8, 4) is 6.07 Å². The standard InChI is InChI=1S/C11H18N2O3/c1-7(2)10(14)13-9(11(15)16-4)5-8(3)6-12/h7-9H,5H2,1-4H3,(H,13,14)/t8-,9+/m0/s1. The molecular weight excluding hydrogens is 208 g/mol. The summed E-state index contributed by atoms with van der Waals surface area (Å²) in [7, 11) is 1.26. The van der Waals surface area contributed by atoms with Gasteiger partial charge in [-0.05, 0) is 13.3 Å². The van der Waals surface area contributed by atoms with Gasteiger partial charge < -0.3 is 10.1 Å². The summed E-state index contributed by atoms with van der Waals surface area (Å²) in [6, 6.07) is 1.28. The van der Waals surface area contributed by atoms with Crippen LogP contribution >= 0.6 is 0 Å². The van der Waals surface area contributed by atoms with Gasteiger partial charge in [-0.3, -0.25) is 4.79 Å². The van der Waals surface area contributed by atoms with Gasteiger partial charge in [0.1, 0.15) is 6.04 Å². The number of methoxy groups -OCH3 is 1. The van der Waals surface area contributed by atoms with E-state index in [9.17, 15) is 9.59 Å². The summed E-state index contributed by atoms with van der Waals surface area (Å²) in [5.74, 6) is -1.25. The van der Waals surface area contributed by atoms with Gasteiger partial charge in [-0.25, -0.2) is 4.79 Å². The minimum absolute atomic E-state index is 0.204. The number of nitrogens with zero attached hydrogens (tertiary/aromatic N) is 1. The summed E-state index contributed by atoms with van der Waals surface area (Å²) in [6.07, 6.45) is 0.266. The van der Waals surface area contributed by atoms with Gasteiger partial charge >= 0.3 is 5.97 Å². The fourth-order valence-corrected chi connectivity index (χ4v) is 1.10. The maximum atomic E-state index is 11.4. The largest absolute Gasteiger partial charge is 0.467 e. The summed E-state index contributed by atoms with van der Waals surface area (Å²) in [5, 5.41) is 11.2. The average molecular weight is 226 g/mol. The molecule has 0 heterocycles. The van der Waals surface area contributed by atoms with Gasteiger partial charge in [0.2, 0.25) is 5.91 Å². The number of hydrogen-bond acceptors (Lipinski definition) is 4. The Hall–Kier alpha value is -1.57. The topological polar surface area (TPSA) is 79.2 Å². The second kappa shape index (κ2) is 6.83. The van der Waals surface area contributed by atoms with Crippen molar-refractivity contribution in [2.75, 3.05) is 7.11 Å². The van der Waals surface area contributed by atoms with E-state index in [0.717, 1.165) is 0 Å². The number of carbonyl (C=O) groups excluding carboxylic acids is 2. The quantitative estimate of drug-likeness (QED) is 0.705. The van der Waals surface area contributed by atoms with Crippen molar-refractivity contribution >= 4 is 11.9 Å². The average Bonchev–Trinajstić information content (AvgIpc) is 2.26. The number of carbonyl (C=O) groups is 2. The lowest BCUT2D eigenvalue weighted by Gasteiger charge is -2.18. The third kappa shape index (κ3) is 4.78. The molecule has 0 spiro atoms. The van der Waals surface area contributed by atoms with Crippen LogP contribution in [0.2, 0.25) is 0 Å². The smallest absolute Gasteiger partial charge is 0.328 e. The first-order chi connectivity index (χ1) is 7.42. The first-order valence-corrected chi connectivity index (χ1v) is 5.20. The number of hydrogen-bond donors (Lipinski definition) is 1. The molecule has 0 saturated heterocycles. The fraction of sp³-hybridized carbons (Fsp3) is 0.727. The number of nitriles is 1. The molecule has 0 rings (SSSR count). The Morgan fingerprint density at radius 2 is 1.94 bits per heavy atom. The van der Waals surface area contributed by atoms with Crippen LogP contribution in [-0.4, -0.2) is 25.0 Å². The summed E-state index contributed by atoms with van der Waals surface area (Å²) in [5.41, 5.74) is 0. The highest BCUT2D eigenvalue weighted by atomic mass is 16.5. The van der Waals surface area contributed by atoms with E-state index in [0.29, 0.717) is 0 Å². The van der Waals surface area contributed by atoms with Crippen LogP contribution in [0.25, 0.3) is 0 Å². The zero-order valence-corrected chi connectivity index (χ0v) is 10.1. The van der Waals surface area contributed by atoms with Crippen LogP contribution in [0.15, 0.2) is 0 Å². The lowest BCUT2D eigenvalue weighted by Crippen LogP contribution is -2.44. The molecule has 0 aliphatic carbocycles. The highest BCUT2D eigenvalue weighted by Crippen LogP contribution is 2.07. The molecule has 0 aliphatic rings. The number of esters is 1. The van der Waals surface area contributed by atoms with Crippen LogP contribution in [0.4, 0.5) is 0 Å². The Balaban J connectivity index is 4.51. The Morgan fingerprint density at radius 1 is 1.38 bits per heavy atom. The second-order valence-electron chi connectivity index (χ2n) is 4.00. The van der Waals surface area contributed by atoms with E-state index >= 15 is 0 Å². The van der Waals surface area contributed by atoms with Crippen LogP contribution < -0.4 is 5.32 Å². The van der Waals surface area contributed by atoms with Crippen LogP contribution in [0.1, 0.15) is 27.2 Å². The molecule has 90 valence electrons. The molecule has 0 aromatic carbocycles. The van der Waals surface area contributed by atoms with Crippen LogP contribution in [0.3, 0.4) is 0 Å². The van der Waals surface area contributed by atoms with E-state index in [2.05, 4.69) is 10.1 Å². The SMILES string of the molecule is COC(=O)[C@@H](C[C@H](C)C#N)NC(=O)C(C)C. The molecule has 0 radical (unpaired) electrons. The Kier molecular flexibility index (Phi) is 6.16. The van der Waals surface area contributed by atoms with Crippen molar-refractivity contribution in [1.29, 1.82) is 5.26 Å². The zero-order chi connectivity index (χ0) is 12.7. The van der Waals surface area contributed by atoms with Crippen LogP contribution in [0, 0.1) is 23.2 Å². The molecule has 0 saturated carbocycles. The molecule has 5 nitrogen and oxygen atoms in total. The predicted octanol–water partition coefficient (Wildman–Crippen LogP) is 0.850. The van der Waals surface area contributed by atoms with E-state index in [1.807, 2.05) is 6.07 Å². The van der Waals surface area contributed by atoms with E-state index in [1.165, 1.54) is 7.11 Å². The maximum Gasteiger partial charge on any atom is 0.328 e. The molecule has 1 N–H and O–H groups in total. The van der Waals surface area contributed by atoms with Crippen molar-refractivity contribution in [3.05, 3.63) is 0 Å². The summed E-state index contributed by atoms with van der Waals surface area (Å²) in [4.78, 5) is 22.8. The summed E-state index contributed by atoms with van der Waals surface area (Å²) < 4.78 is 4.58. The highest BCUT2D eigenvalue weighted by Gasteiger charge is 2.24. The minimum atomic E-state index is -0.741. The van der Waals surface area contributed by atoms with E-state index < -0.39 is 12.0 Å². The predicted molar refractivity (Wildman–Crippen MR) is 58.2 cm³/mol. The van der Waals surface area contributed by atoms with E-state index in [4.69, 9.17) is 5.26 Å². The summed E-state index contributed by atoms with van der Waals surface area (Å²) >= 11 is 0. The molecule has 5 heteroatoms. The number of ether oxygens (including phenoxy) is 1. The molecule has 0 fully saturated rings.